The Bertz CT molecular complexity index is 2770. The van der Waals surface area contributed by atoms with Gasteiger partial charge in [-0.25, -0.2) is 9.98 Å². The van der Waals surface area contributed by atoms with Crippen LogP contribution in [0.3, 0.4) is 0 Å². The molecule has 240 valence electrons. The minimum atomic E-state index is -0.318. The predicted octanol–water partition coefficient (Wildman–Crippen LogP) is 11.3. The molecule has 1 aliphatic heterocycles. The fourth-order valence-corrected chi connectivity index (χ4v) is 7.51. The van der Waals surface area contributed by atoms with Crippen LogP contribution in [0.4, 0.5) is 0 Å². The molecule has 0 saturated carbocycles. The van der Waals surface area contributed by atoms with Gasteiger partial charge < -0.3 is 9.88 Å². The Morgan fingerprint density at radius 2 is 1.02 bits per heavy atom. The van der Waals surface area contributed by atoms with E-state index >= 15 is 0 Å². The van der Waals surface area contributed by atoms with Crippen LogP contribution >= 0.6 is 0 Å². The van der Waals surface area contributed by atoms with Gasteiger partial charge in [-0.15, -0.1) is 0 Å². The number of aromatic nitrogens is 1. The second-order valence-electron chi connectivity index (χ2n) is 13.1. The lowest BCUT2D eigenvalue weighted by atomic mass is 9.99. The Labute approximate surface area is 295 Å². The zero-order chi connectivity index (χ0) is 33.7. The van der Waals surface area contributed by atoms with Crippen molar-refractivity contribution >= 4 is 55.0 Å². The van der Waals surface area contributed by atoms with E-state index in [-0.39, 0.29) is 6.17 Å². The third kappa shape index (κ3) is 5.08. The fourth-order valence-electron chi connectivity index (χ4n) is 7.51. The Hall–Kier alpha value is -6.78. The van der Waals surface area contributed by atoms with E-state index in [2.05, 4.69) is 186 Å². The van der Waals surface area contributed by atoms with Crippen molar-refractivity contribution in [1.82, 2.24) is 9.88 Å². The van der Waals surface area contributed by atoms with E-state index in [9.17, 15) is 0 Å². The standard InChI is InChI=1S/C47H32N4/c1-2-13-33(14-3-1)45-48-46(34-25-22-32(23-26-34)36-27-24-31-12-4-5-15-35(31)28-36)50-47(49-45)38-29-37-16-6-7-17-39(37)44(30-38)51-42-20-10-8-18-40(42)41-19-9-11-21-43(41)51/h1-30,46H,(H,48,49,50). The average Bonchev–Trinajstić information content (AvgIpc) is 3.55. The van der Waals surface area contributed by atoms with Crippen molar-refractivity contribution in [3.63, 3.8) is 0 Å². The highest BCUT2D eigenvalue weighted by atomic mass is 15.2. The van der Waals surface area contributed by atoms with E-state index in [4.69, 9.17) is 9.98 Å². The topological polar surface area (TPSA) is 41.7 Å². The second-order valence-corrected chi connectivity index (χ2v) is 13.1. The molecule has 1 unspecified atom stereocenters. The van der Waals surface area contributed by atoms with Crippen molar-refractivity contribution in [2.24, 2.45) is 9.98 Å². The van der Waals surface area contributed by atoms with Crippen LogP contribution in [0.5, 0.6) is 0 Å². The molecule has 1 aromatic heterocycles. The van der Waals surface area contributed by atoms with E-state index in [1.165, 1.54) is 49.1 Å². The number of para-hydroxylation sites is 2. The van der Waals surface area contributed by atoms with Crippen LogP contribution in [0.25, 0.3) is 60.2 Å². The normalized spacial score (nSPS) is 14.5. The molecule has 8 aromatic carbocycles. The smallest absolute Gasteiger partial charge is 0.159 e. The molecule has 0 fully saturated rings. The Morgan fingerprint density at radius 3 is 1.76 bits per heavy atom. The number of benzene rings is 8. The molecule has 9 aromatic rings. The van der Waals surface area contributed by atoms with Crippen LogP contribution in [-0.4, -0.2) is 16.2 Å². The maximum atomic E-state index is 5.30. The number of nitrogens with zero attached hydrogens (tertiary/aromatic N) is 3. The number of nitrogens with one attached hydrogen (secondary N) is 1. The summed E-state index contributed by atoms with van der Waals surface area (Å²) >= 11 is 0. The molecule has 4 nitrogen and oxygen atoms in total. The van der Waals surface area contributed by atoms with E-state index in [0.29, 0.717) is 5.84 Å². The minimum Gasteiger partial charge on any atom is -0.344 e. The molecule has 0 radical (unpaired) electrons. The average molecular weight is 653 g/mol. The van der Waals surface area contributed by atoms with Gasteiger partial charge in [0, 0.05) is 27.3 Å². The van der Waals surface area contributed by atoms with E-state index in [1.807, 2.05) is 6.07 Å². The van der Waals surface area contributed by atoms with Gasteiger partial charge in [-0.3, -0.25) is 0 Å². The molecular weight excluding hydrogens is 621 g/mol. The molecule has 1 atom stereocenters. The molecule has 0 spiro atoms. The number of hydrogen-bond acceptors (Lipinski definition) is 3. The van der Waals surface area contributed by atoms with Crippen LogP contribution in [0.2, 0.25) is 0 Å². The van der Waals surface area contributed by atoms with Crippen LogP contribution in [0.15, 0.2) is 192 Å². The third-order valence-electron chi connectivity index (χ3n) is 10.0. The molecule has 1 aliphatic rings. The van der Waals surface area contributed by atoms with Crippen molar-refractivity contribution in [1.29, 1.82) is 0 Å². The summed E-state index contributed by atoms with van der Waals surface area (Å²) in [7, 11) is 0. The van der Waals surface area contributed by atoms with Gasteiger partial charge in [-0.05, 0) is 63.2 Å². The highest BCUT2D eigenvalue weighted by Gasteiger charge is 2.23. The van der Waals surface area contributed by atoms with Crippen LogP contribution in [0.1, 0.15) is 22.9 Å². The molecule has 2 heterocycles. The minimum absolute atomic E-state index is 0.318. The Morgan fingerprint density at radius 1 is 0.431 bits per heavy atom. The van der Waals surface area contributed by atoms with E-state index in [0.717, 1.165) is 33.6 Å². The summed E-state index contributed by atoms with van der Waals surface area (Å²) in [6.45, 7) is 0. The number of hydrogen-bond donors (Lipinski definition) is 1. The van der Waals surface area contributed by atoms with E-state index in [1.54, 1.807) is 0 Å². The quantitative estimate of drug-likeness (QED) is 0.197. The van der Waals surface area contributed by atoms with Gasteiger partial charge in [0.2, 0.25) is 0 Å². The van der Waals surface area contributed by atoms with Crippen LogP contribution in [0, 0.1) is 0 Å². The first-order valence-electron chi connectivity index (χ1n) is 17.4. The Kier molecular flexibility index (Phi) is 6.85. The van der Waals surface area contributed by atoms with Gasteiger partial charge in [0.05, 0.1) is 16.7 Å². The molecule has 4 heteroatoms. The van der Waals surface area contributed by atoms with Crippen LogP contribution < -0.4 is 5.32 Å². The molecule has 0 amide bonds. The third-order valence-corrected chi connectivity index (χ3v) is 10.0. The maximum Gasteiger partial charge on any atom is 0.159 e. The SMILES string of the molecule is c1ccc(C2=NC(c3cc(-n4c5ccccc5c5ccccc54)c4ccccc4c3)=NC(c3ccc(-c4ccc5ccccc5c4)cc3)N2)cc1. The molecule has 0 saturated heterocycles. The summed E-state index contributed by atoms with van der Waals surface area (Å²) in [4.78, 5) is 10.5. The molecular formula is C47H32N4. The largest absolute Gasteiger partial charge is 0.344 e. The number of aliphatic imine (C=N–C) groups is 2. The summed E-state index contributed by atoms with van der Waals surface area (Å²) in [5.41, 5.74) is 8.88. The lowest BCUT2D eigenvalue weighted by Crippen LogP contribution is -2.33. The van der Waals surface area contributed by atoms with Gasteiger partial charge in [0.1, 0.15) is 12.0 Å². The summed E-state index contributed by atoms with van der Waals surface area (Å²) < 4.78 is 2.39. The number of rotatable bonds is 5. The highest BCUT2D eigenvalue weighted by Crippen LogP contribution is 2.36. The highest BCUT2D eigenvalue weighted by molar-refractivity contribution is 6.15. The number of fused-ring (bicyclic) bond motifs is 5. The molecule has 0 bridgehead atoms. The van der Waals surface area contributed by atoms with Crippen molar-refractivity contribution in [3.05, 3.63) is 199 Å². The van der Waals surface area contributed by atoms with Gasteiger partial charge in [0.25, 0.3) is 0 Å². The van der Waals surface area contributed by atoms with Crippen molar-refractivity contribution in [2.45, 2.75) is 6.17 Å². The maximum absolute atomic E-state index is 5.30. The second kappa shape index (κ2) is 12.0. The monoisotopic (exact) mass is 652 g/mol. The van der Waals surface area contributed by atoms with Crippen molar-refractivity contribution < 1.29 is 0 Å². The Balaban J connectivity index is 1.12. The van der Waals surface area contributed by atoms with Crippen molar-refractivity contribution in [3.8, 4) is 16.8 Å². The summed E-state index contributed by atoms with van der Waals surface area (Å²) in [6, 6.07) is 64.6. The first-order valence-corrected chi connectivity index (χ1v) is 17.4. The molecule has 51 heavy (non-hydrogen) atoms. The number of amidine groups is 2. The van der Waals surface area contributed by atoms with Crippen LogP contribution in [-0.2, 0) is 0 Å². The summed E-state index contributed by atoms with van der Waals surface area (Å²) in [6.07, 6.45) is -0.318. The first-order chi connectivity index (χ1) is 25.3. The zero-order valence-corrected chi connectivity index (χ0v) is 27.7. The molecule has 1 N–H and O–H groups in total. The first kappa shape index (κ1) is 29.2. The zero-order valence-electron chi connectivity index (χ0n) is 27.7. The van der Waals surface area contributed by atoms with Gasteiger partial charge in [-0.2, -0.15) is 0 Å². The summed E-state index contributed by atoms with van der Waals surface area (Å²) in [5.74, 6) is 1.50. The molecule has 0 aliphatic carbocycles. The van der Waals surface area contributed by atoms with Gasteiger partial charge in [0.15, 0.2) is 5.84 Å². The fraction of sp³-hybridized carbons (Fsp3) is 0.0213. The van der Waals surface area contributed by atoms with Gasteiger partial charge in [-0.1, -0.05) is 152 Å². The molecule has 10 rings (SSSR count). The predicted molar refractivity (Wildman–Crippen MR) is 213 cm³/mol. The van der Waals surface area contributed by atoms with Crippen molar-refractivity contribution in [2.75, 3.05) is 0 Å². The lowest BCUT2D eigenvalue weighted by molar-refractivity contribution is 0.674. The summed E-state index contributed by atoms with van der Waals surface area (Å²) in [5, 5.41) is 10.9. The lowest BCUT2D eigenvalue weighted by Gasteiger charge is -2.24. The van der Waals surface area contributed by atoms with Gasteiger partial charge >= 0.3 is 0 Å². The van der Waals surface area contributed by atoms with E-state index < -0.39 is 0 Å².